The molecule has 3 rings (SSSR count). The number of benzene rings is 2. The fraction of sp³-hybridized carbons (Fsp3) is 0.190. The van der Waals surface area contributed by atoms with Gasteiger partial charge in [0.1, 0.15) is 5.75 Å². The van der Waals surface area contributed by atoms with E-state index in [1.54, 1.807) is 26.2 Å². The monoisotopic (exact) mass is 363 g/mol. The van der Waals surface area contributed by atoms with Gasteiger partial charge in [0.05, 0.1) is 23.9 Å². The van der Waals surface area contributed by atoms with Gasteiger partial charge in [0.25, 0.3) is 11.8 Å². The molecular formula is C21H21N3O3. The Bertz CT molecular complexity index is 971. The second kappa shape index (κ2) is 8.31. The normalized spacial score (nSPS) is 10.4. The number of aromatic nitrogens is 1. The first kappa shape index (κ1) is 18.4. The van der Waals surface area contributed by atoms with Crippen LogP contribution < -0.4 is 15.4 Å². The predicted molar refractivity (Wildman–Crippen MR) is 104 cm³/mol. The summed E-state index contributed by atoms with van der Waals surface area (Å²) >= 11 is 0. The fourth-order valence-electron chi connectivity index (χ4n) is 2.74. The highest BCUT2D eigenvalue weighted by Crippen LogP contribution is 2.21. The summed E-state index contributed by atoms with van der Waals surface area (Å²) in [6, 6.07) is 16.3. The third kappa shape index (κ3) is 4.41. The van der Waals surface area contributed by atoms with Gasteiger partial charge in [-0.2, -0.15) is 0 Å². The Labute approximate surface area is 157 Å². The molecule has 0 aliphatic heterocycles. The third-order valence-corrected chi connectivity index (χ3v) is 4.19. The number of hydrogen-bond donors (Lipinski definition) is 2. The van der Waals surface area contributed by atoms with E-state index in [0.717, 1.165) is 16.7 Å². The van der Waals surface area contributed by atoms with Crippen LogP contribution >= 0.6 is 0 Å². The Morgan fingerprint density at radius 1 is 0.963 bits per heavy atom. The van der Waals surface area contributed by atoms with E-state index in [9.17, 15) is 9.59 Å². The number of rotatable bonds is 6. The highest BCUT2D eigenvalue weighted by atomic mass is 16.5. The molecule has 6 heteroatoms. The van der Waals surface area contributed by atoms with Crippen LogP contribution in [-0.2, 0) is 0 Å². The average Bonchev–Trinajstić information content (AvgIpc) is 2.70. The molecule has 27 heavy (non-hydrogen) atoms. The van der Waals surface area contributed by atoms with Gasteiger partial charge in [-0.1, -0.05) is 18.2 Å². The van der Waals surface area contributed by atoms with Gasteiger partial charge in [-0.25, -0.2) is 0 Å². The summed E-state index contributed by atoms with van der Waals surface area (Å²) in [4.78, 5) is 28.9. The molecule has 6 nitrogen and oxygen atoms in total. The molecule has 138 valence electrons. The van der Waals surface area contributed by atoms with Gasteiger partial charge >= 0.3 is 0 Å². The van der Waals surface area contributed by atoms with Crippen LogP contribution in [0.1, 0.15) is 26.4 Å². The number of ether oxygens (including phenoxy) is 1. The van der Waals surface area contributed by atoms with E-state index in [1.165, 1.54) is 0 Å². The number of nitrogens with zero attached hydrogens (tertiary/aromatic N) is 1. The molecule has 0 aliphatic rings. The molecule has 0 aliphatic carbocycles. The molecule has 2 aromatic carbocycles. The summed E-state index contributed by atoms with van der Waals surface area (Å²) < 4.78 is 5.20. The largest absolute Gasteiger partial charge is 0.497 e. The Morgan fingerprint density at radius 3 is 2.37 bits per heavy atom. The quantitative estimate of drug-likeness (QED) is 0.660. The summed E-state index contributed by atoms with van der Waals surface area (Å²) in [5.41, 5.74) is 2.52. The SMILES string of the molecule is COc1ccc2cc(C(=O)NCCNC(=O)c3ccccc3)c(C)nc2c1. The number of amides is 2. The first-order chi connectivity index (χ1) is 13.1. The molecular weight excluding hydrogens is 342 g/mol. The third-order valence-electron chi connectivity index (χ3n) is 4.19. The summed E-state index contributed by atoms with van der Waals surface area (Å²) in [6.07, 6.45) is 0. The zero-order valence-corrected chi connectivity index (χ0v) is 15.3. The lowest BCUT2D eigenvalue weighted by Gasteiger charge is -2.10. The minimum atomic E-state index is -0.216. The first-order valence-corrected chi connectivity index (χ1v) is 8.65. The smallest absolute Gasteiger partial charge is 0.253 e. The van der Waals surface area contributed by atoms with E-state index in [1.807, 2.05) is 42.5 Å². The highest BCUT2D eigenvalue weighted by Gasteiger charge is 2.12. The Kier molecular flexibility index (Phi) is 5.66. The molecule has 0 fully saturated rings. The Balaban J connectivity index is 1.59. The van der Waals surface area contributed by atoms with E-state index < -0.39 is 0 Å². The molecule has 1 aromatic heterocycles. The van der Waals surface area contributed by atoms with Crippen LogP contribution in [0.3, 0.4) is 0 Å². The number of aryl methyl sites for hydroxylation is 1. The molecule has 2 amide bonds. The Morgan fingerprint density at radius 2 is 1.67 bits per heavy atom. The van der Waals surface area contributed by atoms with Crippen LogP contribution in [0.5, 0.6) is 5.75 Å². The first-order valence-electron chi connectivity index (χ1n) is 8.65. The van der Waals surface area contributed by atoms with Crippen molar-refractivity contribution in [1.29, 1.82) is 0 Å². The molecule has 0 atom stereocenters. The summed E-state index contributed by atoms with van der Waals surface area (Å²) in [5, 5.41) is 6.46. The lowest BCUT2D eigenvalue weighted by atomic mass is 10.1. The van der Waals surface area contributed by atoms with E-state index >= 15 is 0 Å². The van der Waals surface area contributed by atoms with Crippen LogP contribution in [0.4, 0.5) is 0 Å². The minimum Gasteiger partial charge on any atom is -0.497 e. The highest BCUT2D eigenvalue weighted by molar-refractivity contribution is 5.99. The van der Waals surface area contributed by atoms with E-state index in [2.05, 4.69) is 15.6 Å². The maximum absolute atomic E-state index is 12.5. The van der Waals surface area contributed by atoms with Crippen molar-refractivity contribution in [3.05, 3.63) is 71.4 Å². The number of methoxy groups -OCH3 is 1. The number of nitrogens with one attached hydrogen (secondary N) is 2. The zero-order chi connectivity index (χ0) is 19.2. The van der Waals surface area contributed by atoms with Gasteiger partial charge in [0.2, 0.25) is 0 Å². The number of carbonyl (C=O) groups excluding carboxylic acids is 2. The number of pyridine rings is 1. The van der Waals surface area contributed by atoms with Crippen molar-refractivity contribution in [1.82, 2.24) is 15.6 Å². The molecule has 0 spiro atoms. The Hall–Kier alpha value is -3.41. The van der Waals surface area contributed by atoms with Crippen molar-refractivity contribution in [3.63, 3.8) is 0 Å². The summed E-state index contributed by atoms with van der Waals surface area (Å²) in [6.45, 7) is 2.47. The van der Waals surface area contributed by atoms with Crippen LogP contribution in [0, 0.1) is 6.92 Å². The van der Waals surface area contributed by atoms with Gasteiger partial charge in [0, 0.05) is 30.1 Å². The van der Waals surface area contributed by atoms with Gasteiger partial charge in [-0.05, 0) is 37.3 Å². The van der Waals surface area contributed by atoms with Crippen molar-refractivity contribution in [3.8, 4) is 5.75 Å². The van der Waals surface area contributed by atoms with Gasteiger partial charge in [-0.3, -0.25) is 14.6 Å². The van der Waals surface area contributed by atoms with Crippen LogP contribution in [0.25, 0.3) is 10.9 Å². The van der Waals surface area contributed by atoms with E-state index in [-0.39, 0.29) is 11.8 Å². The molecule has 2 N–H and O–H groups in total. The van der Waals surface area contributed by atoms with Crippen molar-refractivity contribution in [2.24, 2.45) is 0 Å². The number of carbonyl (C=O) groups is 2. The maximum atomic E-state index is 12.5. The number of fused-ring (bicyclic) bond motifs is 1. The second-order valence-electron chi connectivity index (χ2n) is 6.06. The lowest BCUT2D eigenvalue weighted by molar-refractivity contribution is 0.0927. The van der Waals surface area contributed by atoms with Crippen LogP contribution in [0.2, 0.25) is 0 Å². The molecule has 3 aromatic rings. The van der Waals surface area contributed by atoms with Crippen LogP contribution in [0.15, 0.2) is 54.6 Å². The van der Waals surface area contributed by atoms with Gasteiger partial charge in [0.15, 0.2) is 0 Å². The van der Waals surface area contributed by atoms with Crippen LogP contribution in [-0.4, -0.2) is 37.0 Å². The molecule has 0 saturated heterocycles. The lowest BCUT2D eigenvalue weighted by Crippen LogP contribution is -2.35. The minimum absolute atomic E-state index is 0.164. The van der Waals surface area contributed by atoms with Gasteiger partial charge in [-0.15, -0.1) is 0 Å². The molecule has 0 unspecified atom stereocenters. The molecule has 0 bridgehead atoms. The molecule has 1 heterocycles. The molecule has 0 saturated carbocycles. The standard InChI is InChI=1S/C21H21N3O3/c1-14-18(12-16-8-9-17(27-2)13-19(16)24-14)21(26)23-11-10-22-20(25)15-6-4-3-5-7-15/h3-9,12-13H,10-11H2,1-2H3,(H,22,25)(H,23,26). The van der Waals surface area contributed by atoms with E-state index in [0.29, 0.717) is 29.9 Å². The second-order valence-corrected chi connectivity index (χ2v) is 6.06. The van der Waals surface area contributed by atoms with Crippen molar-refractivity contribution in [2.45, 2.75) is 6.92 Å². The number of hydrogen-bond acceptors (Lipinski definition) is 4. The van der Waals surface area contributed by atoms with Crippen molar-refractivity contribution in [2.75, 3.05) is 20.2 Å². The van der Waals surface area contributed by atoms with E-state index in [4.69, 9.17) is 4.74 Å². The molecule has 0 radical (unpaired) electrons. The summed E-state index contributed by atoms with van der Waals surface area (Å²) in [5.74, 6) is 0.342. The van der Waals surface area contributed by atoms with Gasteiger partial charge < -0.3 is 15.4 Å². The maximum Gasteiger partial charge on any atom is 0.253 e. The zero-order valence-electron chi connectivity index (χ0n) is 15.3. The predicted octanol–water partition coefficient (Wildman–Crippen LogP) is 2.71. The van der Waals surface area contributed by atoms with Crippen molar-refractivity contribution < 1.29 is 14.3 Å². The average molecular weight is 363 g/mol. The summed E-state index contributed by atoms with van der Waals surface area (Å²) in [7, 11) is 1.60. The fourth-order valence-corrected chi connectivity index (χ4v) is 2.74. The topological polar surface area (TPSA) is 80.3 Å². The van der Waals surface area contributed by atoms with Crippen molar-refractivity contribution >= 4 is 22.7 Å².